The number of hydrogen-bond donors (Lipinski definition) is 2. The third kappa shape index (κ3) is 3.27. The first-order valence-electron chi connectivity index (χ1n) is 5.19. The van der Waals surface area contributed by atoms with Gasteiger partial charge in [0.25, 0.3) is 0 Å². The van der Waals surface area contributed by atoms with E-state index >= 15 is 0 Å². The first-order valence-corrected chi connectivity index (χ1v) is 5.19. The predicted octanol–water partition coefficient (Wildman–Crippen LogP) is 1.10. The van der Waals surface area contributed by atoms with Gasteiger partial charge in [-0.05, 0) is 23.8 Å². The van der Waals surface area contributed by atoms with Crippen LogP contribution >= 0.6 is 12.4 Å². The Morgan fingerprint density at radius 2 is 1.88 bits per heavy atom. The van der Waals surface area contributed by atoms with Crippen LogP contribution in [0.3, 0.4) is 0 Å². The van der Waals surface area contributed by atoms with Gasteiger partial charge in [0, 0.05) is 31.0 Å². The van der Waals surface area contributed by atoms with E-state index in [0.29, 0.717) is 0 Å². The van der Waals surface area contributed by atoms with Gasteiger partial charge in [-0.3, -0.25) is 4.90 Å². The molecule has 16 heavy (non-hydrogen) atoms. The molecule has 0 atom stereocenters. The average Bonchev–Trinajstić information content (AvgIpc) is 2.25. The molecule has 0 spiro atoms. The van der Waals surface area contributed by atoms with E-state index in [1.54, 1.807) is 0 Å². The van der Waals surface area contributed by atoms with Crippen LogP contribution in [0.2, 0.25) is 0 Å². The van der Waals surface area contributed by atoms with E-state index < -0.39 is 0 Å². The number of nitrogens with two attached hydrogens (primary N) is 2. The lowest BCUT2D eigenvalue weighted by molar-refractivity contribution is 0.0343. The molecule has 90 valence electrons. The van der Waals surface area contributed by atoms with Crippen LogP contribution in [0.1, 0.15) is 5.56 Å². The van der Waals surface area contributed by atoms with E-state index in [1.807, 2.05) is 18.2 Å². The zero-order valence-electron chi connectivity index (χ0n) is 9.19. The maximum Gasteiger partial charge on any atom is 0.0594 e. The zero-order valence-corrected chi connectivity index (χ0v) is 10.0. The second-order valence-electron chi connectivity index (χ2n) is 3.85. The molecule has 0 radical (unpaired) electrons. The third-order valence-electron chi connectivity index (χ3n) is 2.66. The number of anilines is 2. The van der Waals surface area contributed by atoms with E-state index in [1.165, 1.54) is 0 Å². The van der Waals surface area contributed by atoms with Gasteiger partial charge in [0.1, 0.15) is 0 Å². The summed E-state index contributed by atoms with van der Waals surface area (Å²) in [5.74, 6) is 0. The fourth-order valence-corrected chi connectivity index (χ4v) is 1.76. The minimum absolute atomic E-state index is 0. The van der Waals surface area contributed by atoms with E-state index in [9.17, 15) is 0 Å². The zero-order chi connectivity index (χ0) is 10.7. The molecule has 1 aliphatic heterocycles. The molecule has 1 fully saturated rings. The molecule has 1 aliphatic rings. The van der Waals surface area contributed by atoms with Crippen LogP contribution < -0.4 is 11.5 Å². The van der Waals surface area contributed by atoms with Gasteiger partial charge in [-0.15, -0.1) is 12.4 Å². The van der Waals surface area contributed by atoms with Crippen LogP contribution in [0, 0.1) is 0 Å². The summed E-state index contributed by atoms with van der Waals surface area (Å²) in [7, 11) is 0. The fraction of sp³-hybridized carbons (Fsp3) is 0.455. The average molecular weight is 244 g/mol. The third-order valence-corrected chi connectivity index (χ3v) is 2.66. The Hall–Kier alpha value is -0.970. The standard InChI is InChI=1S/C11H17N3O.ClH/c12-10-1-2-11(13)9(7-10)8-14-3-5-15-6-4-14;/h1-2,7H,3-6,8,12-13H2;1H. The Morgan fingerprint density at radius 3 is 2.56 bits per heavy atom. The van der Waals surface area contributed by atoms with E-state index in [4.69, 9.17) is 16.2 Å². The topological polar surface area (TPSA) is 64.5 Å². The molecule has 0 amide bonds. The van der Waals surface area contributed by atoms with Gasteiger partial charge in [-0.1, -0.05) is 0 Å². The van der Waals surface area contributed by atoms with E-state index in [2.05, 4.69) is 4.90 Å². The highest BCUT2D eigenvalue weighted by Crippen LogP contribution is 2.18. The monoisotopic (exact) mass is 243 g/mol. The van der Waals surface area contributed by atoms with Gasteiger partial charge in [0.05, 0.1) is 13.2 Å². The first-order chi connectivity index (χ1) is 7.25. The summed E-state index contributed by atoms with van der Waals surface area (Å²) in [5, 5.41) is 0. The Balaban J connectivity index is 0.00000128. The van der Waals surface area contributed by atoms with E-state index in [-0.39, 0.29) is 12.4 Å². The van der Waals surface area contributed by atoms with Crippen molar-refractivity contribution in [2.45, 2.75) is 6.54 Å². The molecule has 0 unspecified atom stereocenters. The summed E-state index contributed by atoms with van der Waals surface area (Å²) in [6, 6.07) is 5.65. The number of halogens is 1. The Morgan fingerprint density at radius 1 is 1.19 bits per heavy atom. The quantitative estimate of drug-likeness (QED) is 0.764. The van der Waals surface area contributed by atoms with Crippen molar-refractivity contribution in [2.24, 2.45) is 0 Å². The van der Waals surface area contributed by atoms with Crippen molar-refractivity contribution in [3.63, 3.8) is 0 Å². The summed E-state index contributed by atoms with van der Waals surface area (Å²) in [6.45, 7) is 4.41. The van der Waals surface area contributed by atoms with Gasteiger partial charge in [0.2, 0.25) is 0 Å². The van der Waals surface area contributed by atoms with Gasteiger partial charge in [0.15, 0.2) is 0 Å². The van der Waals surface area contributed by atoms with Crippen LogP contribution in [0.4, 0.5) is 11.4 Å². The summed E-state index contributed by atoms with van der Waals surface area (Å²) < 4.78 is 5.29. The molecule has 0 aliphatic carbocycles. The van der Waals surface area contributed by atoms with Gasteiger partial charge in [-0.25, -0.2) is 0 Å². The number of ether oxygens (including phenoxy) is 1. The molecule has 2 rings (SSSR count). The van der Waals surface area contributed by atoms with Crippen LogP contribution in [-0.4, -0.2) is 31.2 Å². The number of nitrogens with zero attached hydrogens (tertiary/aromatic N) is 1. The summed E-state index contributed by atoms with van der Waals surface area (Å²) >= 11 is 0. The molecular weight excluding hydrogens is 226 g/mol. The molecule has 1 heterocycles. The lowest BCUT2D eigenvalue weighted by atomic mass is 10.1. The molecular formula is C11H18ClN3O. The highest BCUT2D eigenvalue weighted by molar-refractivity contribution is 5.85. The van der Waals surface area contributed by atoms with Crippen molar-refractivity contribution in [3.8, 4) is 0 Å². The molecule has 4 N–H and O–H groups in total. The Kier molecular flexibility index (Phi) is 4.86. The molecule has 0 bridgehead atoms. The number of hydrogen-bond acceptors (Lipinski definition) is 4. The van der Waals surface area contributed by atoms with E-state index in [0.717, 1.165) is 49.8 Å². The molecule has 0 saturated carbocycles. The summed E-state index contributed by atoms with van der Waals surface area (Å²) in [6.07, 6.45) is 0. The van der Waals surface area contributed by atoms with Gasteiger partial charge < -0.3 is 16.2 Å². The molecule has 5 heteroatoms. The maximum absolute atomic E-state index is 5.89. The van der Waals surface area contributed by atoms with Crippen LogP contribution in [0.25, 0.3) is 0 Å². The SMILES string of the molecule is Cl.Nc1ccc(N)c(CN2CCOCC2)c1. The number of benzene rings is 1. The minimum Gasteiger partial charge on any atom is -0.399 e. The van der Waals surface area contributed by atoms with Gasteiger partial charge >= 0.3 is 0 Å². The normalized spacial score (nSPS) is 16.8. The number of rotatable bonds is 2. The summed E-state index contributed by atoms with van der Waals surface area (Å²) in [4.78, 5) is 2.33. The minimum atomic E-state index is 0. The summed E-state index contributed by atoms with van der Waals surface area (Å²) in [5.41, 5.74) is 14.3. The van der Waals surface area contributed by atoms with Crippen LogP contribution in [0.5, 0.6) is 0 Å². The molecule has 0 aromatic heterocycles. The predicted molar refractivity (Wildman–Crippen MR) is 68.6 cm³/mol. The van der Waals surface area contributed by atoms with Crippen molar-refractivity contribution in [3.05, 3.63) is 23.8 Å². The highest BCUT2D eigenvalue weighted by atomic mass is 35.5. The van der Waals surface area contributed by atoms with Crippen molar-refractivity contribution in [2.75, 3.05) is 37.8 Å². The van der Waals surface area contributed by atoms with Crippen molar-refractivity contribution in [1.29, 1.82) is 0 Å². The molecule has 1 saturated heterocycles. The van der Waals surface area contributed by atoms with Crippen molar-refractivity contribution in [1.82, 2.24) is 4.90 Å². The Labute approximate surface area is 102 Å². The molecule has 1 aromatic rings. The largest absolute Gasteiger partial charge is 0.399 e. The van der Waals surface area contributed by atoms with Crippen LogP contribution in [-0.2, 0) is 11.3 Å². The lowest BCUT2D eigenvalue weighted by Gasteiger charge is -2.27. The molecule has 1 aromatic carbocycles. The van der Waals surface area contributed by atoms with Crippen molar-refractivity contribution < 1.29 is 4.74 Å². The molecule has 4 nitrogen and oxygen atoms in total. The number of nitrogen functional groups attached to an aromatic ring is 2. The smallest absolute Gasteiger partial charge is 0.0594 e. The number of morpholine rings is 1. The maximum atomic E-state index is 5.89. The fourth-order valence-electron chi connectivity index (χ4n) is 1.76. The first kappa shape index (κ1) is 13.1. The second kappa shape index (κ2) is 5.94. The van der Waals surface area contributed by atoms with Crippen LogP contribution in [0.15, 0.2) is 18.2 Å². The second-order valence-corrected chi connectivity index (χ2v) is 3.85. The van der Waals surface area contributed by atoms with Gasteiger partial charge in [-0.2, -0.15) is 0 Å². The highest BCUT2D eigenvalue weighted by Gasteiger charge is 2.11. The Bertz CT molecular complexity index is 340. The van der Waals surface area contributed by atoms with Crippen molar-refractivity contribution >= 4 is 23.8 Å². The lowest BCUT2D eigenvalue weighted by Crippen LogP contribution is -2.35.